The van der Waals surface area contributed by atoms with Crippen molar-refractivity contribution in [3.63, 3.8) is 0 Å². The molecule has 170 valence electrons. The molecule has 8 heteroatoms. The number of hydrogen-bond donors (Lipinski definition) is 1. The van der Waals surface area contributed by atoms with Gasteiger partial charge in [-0.2, -0.15) is 0 Å². The smallest absolute Gasteiger partial charge is 0.226 e. The number of halogens is 3. The Labute approximate surface area is 194 Å². The summed E-state index contributed by atoms with van der Waals surface area (Å²) in [5, 5.41) is 0.564. The van der Waals surface area contributed by atoms with Crippen LogP contribution < -0.4 is 10.6 Å². The third-order valence-corrected chi connectivity index (χ3v) is 6.11. The van der Waals surface area contributed by atoms with Crippen LogP contribution in [0.4, 0.5) is 24.8 Å². The molecule has 1 fully saturated rings. The van der Waals surface area contributed by atoms with E-state index in [9.17, 15) is 13.2 Å². The molecule has 0 spiro atoms. The van der Waals surface area contributed by atoms with Gasteiger partial charge in [0.15, 0.2) is 11.6 Å². The van der Waals surface area contributed by atoms with Crippen LogP contribution in [-0.2, 0) is 0 Å². The van der Waals surface area contributed by atoms with Crippen LogP contribution >= 0.6 is 0 Å². The predicted octanol–water partition coefficient (Wildman–Crippen LogP) is 5.86. The molecule has 1 aliphatic rings. The molecule has 4 aromatic rings. The number of aromatic nitrogens is 2. The summed E-state index contributed by atoms with van der Waals surface area (Å²) in [4.78, 5) is 14.7. The van der Waals surface area contributed by atoms with Gasteiger partial charge >= 0.3 is 0 Å². The van der Waals surface area contributed by atoms with E-state index in [2.05, 4.69) is 4.85 Å². The van der Waals surface area contributed by atoms with E-state index in [4.69, 9.17) is 22.3 Å². The number of fused-ring (bicyclic) bond motifs is 1. The van der Waals surface area contributed by atoms with Crippen LogP contribution in [0.3, 0.4) is 0 Å². The maximum atomic E-state index is 14.5. The molecule has 0 unspecified atom stereocenters. The van der Waals surface area contributed by atoms with E-state index in [1.807, 2.05) is 4.90 Å². The molecule has 1 aliphatic heterocycles. The van der Waals surface area contributed by atoms with Crippen molar-refractivity contribution in [2.24, 2.45) is 5.73 Å². The summed E-state index contributed by atoms with van der Waals surface area (Å²) >= 11 is 0. The van der Waals surface area contributed by atoms with Crippen LogP contribution in [0.15, 0.2) is 54.6 Å². The zero-order chi connectivity index (χ0) is 23.8. The second-order valence-electron chi connectivity index (χ2n) is 8.31. The third-order valence-electron chi connectivity index (χ3n) is 6.11. The van der Waals surface area contributed by atoms with Gasteiger partial charge in [0.25, 0.3) is 0 Å². The highest BCUT2D eigenvalue weighted by molar-refractivity contribution is 5.96. The van der Waals surface area contributed by atoms with Gasteiger partial charge in [-0.05, 0) is 42.7 Å². The zero-order valence-electron chi connectivity index (χ0n) is 18.1. The van der Waals surface area contributed by atoms with Gasteiger partial charge in [0, 0.05) is 35.6 Å². The Kier molecular flexibility index (Phi) is 5.64. The predicted molar refractivity (Wildman–Crippen MR) is 126 cm³/mol. The monoisotopic (exact) mass is 459 g/mol. The van der Waals surface area contributed by atoms with E-state index in [0.29, 0.717) is 46.8 Å². The van der Waals surface area contributed by atoms with Crippen LogP contribution in [0.1, 0.15) is 12.8 Å². The first-order valence-corrected chi connectivity index (χ1v) is 10.9. The summed E-state index contributed by atoms with van der Waals surface area (Å²) < 4.78 is 42.8. The topological polar surface area (TPSA) is 59.4 Å². The van der Waals surface area contributed by atoms with Gasteiger partial charge in [-0.3, -0.25) is 0 Å². The summed E-state index contributed by atoms with van der Waals surface area (Å²) in [6.45, 7) is 8.51. The van der Waals surface area contributed by atoms with Gasteiger partial charge in [-0.15, -0.1) is 0 Å². The van der Waals surface area contributed by atoms with Gasteiger partial charge in [0.05, 0.1) is 17.8 Å². The lowest BCUT2D eigenvalue weighted by molar-refractivity contribution is 0.496. The number of nitrogens with two attached hydrogens (primary N) is 1. The normalized spacial score (nSPS) is 14.4. The minimum absolute atomic E-state index is 0.0881. The van der Waals surface area contributed by atoms with E-state index in [0.717, 1.165) is 18.9 Å². The second-order valence-corrected chi connectivity index (χ2v) is 8.31. The van der Waals surface area contributed by atoms with E-state index in [1.54, 1.807) is 24.3 Å². The molecule has 3 aromatic carbocycles. The van der Waals surface area contributed by atoms with Crippen molar-refractivity contribution in [1.29, 1.82) is 0 Å². The maximum Gasteiger partial charge on any atom is 0.226 e. The Balaban J connectivity index is 1.71. The molecule has 0 aliphatic carbocycles. The summed E-state index contributed by atoms with van der Waals surface area (Å²) in [5.41, 5.74) is 8.00. The van der Waals surface area contributed by atoms with Crippen molar-refractivity contribution in [3.05, 3.63) is 83.5 Å². The number of rotatable bonds is 3. The number of hydrogen-bond acceptors (Lipinski definition) is 4. The molecule has 2 heterocycles. The lowest BCUT2D eigenvalue weighted by atomic mass is 9.99. The Hall–Kier alpha value is -3.96. The van der Waals surface area contributed by atoms with Gasteiger partial charge in [-0.25, -0.2) is 28.0 Å². The maximum absolute atomic E-state index is 14.5. The van der Waals surface area contributed by atoms with Crippen LogP contribution in [0.2, 0.25) is 0 Å². The van der Waals surface area contributed by atoms with Crippen LogP contribution in [0.5, 0.6) is 0 Å². The van der Waals surface area contributed by atoms with Crippen molar-refractivity contribution in [2.45, 2.75) is 18.9 Å². The van der Waals surface area contributed by atoms with Crippen molar-refractivity contribution >= 4 is 22.5 Å². The summed E-state index contributed by atoms with van der Waals surface area (Å²) in [5.74, 6) is -2.05. The zero-order valence-corrected chi connectivity index (χ0v) is 18.1. The SMILES string of the molecule is [C-]#[N+]c1ccc(-c2nc(N3CCC(N)CC3)nc3ccc(-c4cccc(F)c4F)cc23)cc1F. The van der Waals surface area contributed by atoms with Crippen LogP contribution in [0.25, 0.3) is 38.1 Å². The minimum Gasteiger partial charge on any atom is -0.341 e. The molecular weight excluding hydrogens is 439 g/mol. The van der Waals surface area contributed by atoms with Gasteiger partial charge in [0.1, 0.15) is 5.82 Å². The fraction of sp³-hybridized carbons (Fsp3) is 0.192. The molecule has 0 bridgehead atoms. The van der Waals surface area contributed by atoms with Gasteiger partial charge in [-0.1, -0.05) is 30.3 Å². The standard InChI is InChI=1S/C26H20F3N5/c1-31-23-8-6-16(14-21(23)28)25-19-13-15(18-3-2-4-20(27)24(18)29)5-7-22(19)32-26(33-25)34-11-9-17(30)10-12-34/h2-8,13-14,17H,9-12,30H2. The molecule has 0 saturated carbocycles. The Morgan fingerprint density at radius 1 is 0.912 bits per heavy atom. The Morgan fingerprint density at radius 3 is 2.41 bits per heavy atom. The van der Waals surface area contributed by atoms with Crippen molar-refractivity contribution < 1.29 is 13.2 Å². The fourth-order valence-corrected chi connectivity index (χ4v) is 4.22. The molecule has 5 rings (SSSR count). The molecular formula is C26H20F3N5. The molecule has 0 radical (unpaired) electrons. The van der Waals surface area contributed by atoms with Crippen molar-refractivity contribution in [2.75, 3.05) is 18.0 Å². The largest absolute Gasteiger partial charge is 0.341 e. The average Bonchev–Trinajstić information content (AvgIpc) is 2.85. The first-order valence-electron chi connectivity index (χ1n) is 10.9. The number of nitrogens with zero attached hydrogens (tertiary/aromatic N) is 4. The number of piperidine rings is 1. The first kappa shape index (κ1) is 21.9. The summed E-state index contributed by atoms with van der Waals surface area (Å²) in [6.07, 6.45) is 1.62. The lowest BCUT2D eigenvalue weighted by Crippen LogP contribution is -2.40. The second kappa shape index (κ2) is 8.76. The quantitative estimate of drug-likeness (QED) is 0.390. The van der Waals surface area contributed by atoms with Crippen LogP contribution in [-0.4, -0.2) is 29.1 Å². The number of benzene rings is 3. The minimum atomic E-state index is -0.946. The Bertz CT molecular complexity index is 1440. The van der Waals surface area contributed by atoms with Gasteiger partial charge in [0.2, 0.25) is 11.6 Å². The fourth-order valence-electron chi connectivity index (χ4n) is 4.22. The highest BCUT2D eigenvalue weighted by atomic mass is 19.2. The highest BCUT2D eigenvalue weighted by Gasteiger charge is 2.21. The lowest BCUT2D eigenvalue weighted by Gasteiger charge is -2.30. The molecule has 0 amide bonds. The van der Waals surface area contributed by atoms with Crippen LogP contribution in [0, 0.1) is 24.0 Å². The average molecular weight is 459 g/mol. The molecule has 1 aromatic heterocycles. The Morgan fingerprint density at radius 2 is 1.68 bits per heavy atom. The van der Waals surface area contributed by atoms with Crippen molar-refractivity contribution in [1.82, 2.24) is 9.97 Å². The molecule has 1 saturated heterocycles. The van der Waals surface area contributed by atoms with Gasteiger partial charge < -0.3 is 10.6 Å². The number of anilines is 1. The molecule has 2 N–H and O–H groups in total. The summed E-state index contributed by atoms with van der Waals surface area (Å²) in [6, 6.07) is 13.5. The highest BCUT2D eigenvalue weighted by Crippen LogP contribution is 2.35. The molecule has 0 atom stereocenters. The summed E-state index contributed by atoms with van der Waals surface area (Å²) in [7, 11) is 0. The van der Waals surface area contributed by atoms with E-state index < -0.39 is 17.5 Å². The van der Waals surface area contributed by atoms with E-state index >= 15 is 0 Å². The van der Waals surface area contributed by atoms with E-state index in [-0.39, 0.29) is 17.3 Å². The molecule has 5 nitrogen and oxygen atoms in total. The third kappa shape index (κ3) is 3.95. The van der Waals surface area contributed by atoms with Crippen molar-refractivity contribution in [3.8, 4) is 22.4 Å². The van der Waals surface area contributed by atoms with E-state index in [1.165, 1.54) is 24.3 Å². The first-order chi connectivity index (χ1) is 16.4. The molecule has 34 heavy (non-hydrogen) atoms.